The van der Waals surface area contributed by atoms with Crippen molar-refractivity contribution in [1.29, 1.82) is 0 Å². The summed E-state index contributed by atoms with van der Waals surface area (Å²) < 4.78 is 0. The fraction of sp³-hybridized carbons (Fsp3) is 0.286. The number of alkyl halides is 1. The van der Waals surface area contributed by atoms with Crippen molar-refractivity contribution in [3.63, 3.8) is 0 Å². The van der Waals surface area contributed by atoms with Crippen LogP contribution in [0.2, 0.25) is 5.15 Å². The molecule has 0 bridgehead atoms. The van der Waals surface area contributed by atoms with E-state index < -0.39 is 0 Å². The molecule has 1 heterocycles. The molecular weight excluding hydrogens is 213 g/mol. The fourth-order valence-corrected chi connectivity index (χ4v) is 0.870. The van der Waals surface area contributed by atoms with Gasteiger partial charge in [0.2, 0.25) is 5.91 Å². The number of hydrogen-bond acceptors (Lipinski definition) is 3. The molecule has 1 amide bonds. The smallest absolute Gasteiger partial charge is 0.235 e. The number of amides is 1. The van der Waals surface area contributed by atoms with Crippen molar-refractivity contribution in [3.05, 3.63) is 23.0 Å². The standard InChI is InChI=1S/C7H7Cl2N3O/c8-3-7(13)10-4-5-1-2-6(9)12-11-5/h1-2H,3-4H2,(H,10,13). The molecule has 0 aliphatic carbocycles. The number of carbonyl (C=O) groups is 1. The first-order valence-electron chi connectivity index (χ1n) is 3.53. The van der Waals surface area contributed by atoms with Crippen molar-refractivity contribution in [3.8, 4) is 0 Å². The van der Waals surface area contributed by atoms with E-state index in [4.69, 9.17) is 23.2 Å². The quantitative estimate of drug-likeness (QED) is 0.772. The number of carbonyl (C=O) groups excluding carboxylic acids is 1. The van der Waals surface area contributed by atoms with Crippen LogP contribution >= 0.6 is 23.2 Å². The second-order valence-corrected chi connectivity index (χ2v) is 2.91. The van der Waals surface area contributed by atoms with E-state index in [1.165, 1.54) is 0 Å². The van der Waals surface area contributed by atoms with E-state index in [0.717, 1.165) is 0 Å². The van der Waals surface area contributed by atoms with Gasteiger partial charge in [0, 0.05) is 0 Å². The van der Waals surface area contributed by atoms with Gasteiger partial charge in [-0.1, -0.05) is 11.6 Å². The van der Waals surface area contributed by atoms with Crippen LogP contribution in [0.4, 0.5) is 0 Å². The first kappa shape index (κ1) is 10.2. The highest BCUT2D eigenvalue weighted by Crippen LogP contribution is 2.01. The lowest BCUT2D eigenvalue weighted by Gasteiger charge is -2.00. The van der Waals surface area contributed by atoms with E-state index in [1.54, 1.807) is 12.1 Å². The number of hydrogen-bond donors (Lipinski definition) is 1. The Morgan fingerprint density at radius 2 is 2.23 bits per heavy atom. The summed E-state index contributed by atoms with van der Waals surface area (Å²) in [5.74, 6) is -0.292. The molecule has 6 heteroatoms. The Labute approximate surface area is 85.3 Å². The Kier molecular flexibility index (Phi) is 3.92. The van der Waals surface area contributed by atoms with Crippen LogP contribution in [-0.4, -0.2) is 22.0 Å². The molecule has 0 aliphatic heterocycles. The third-order valence-electron chi connectivity index (χ3n) is 1.28. The van der Waals surface area contributed by atoms with Crippen molar-refractivity contribution in [1.82, 2.24) is 15.5 Å². The van der Waals surface area contributed by atoms with Crippen LogP contribution in [0, 0.1) is 0 Å². The maximum absolute atomic E-state index is 10.7. The molecule has 1 aromatic heterocycles. The van der Waals surface area contributed by atoms with Crippen molar-refractivity contribution in [2.24, 2.45) is 0 Å². The maximum Gasteiger partial charge on any atom is 0.235 e. The van der Waals surface area contributed by atoms with Gasteiger partial charge in [-0.2, -0.15) is 5.10 Å². The third-order valence-corrected chi connectivity index (χ3v) is 1.72. The van der Waals surface area contributed by atoms with Crippen LogP contribution < -0.4 is 5.32 Å². The molecule has 1 aromatic rings. The highest BCUT2D eigenvalue weighted by molar-refractivity contribution is 6.29. The number of nitrogens with one attached hydrogen (secondary N) is 1. The van der Waals surface area contributed by atoms with Gasteiger partial charge in [0.05, 0.1) is 12.2 Å². The molecule has 0 spiro atoms. The summed E-state index contributed by atoms with van der Waals surface area (Å²) in [7, 11) is 0. The minimum atomic E-state index is -0.238. The highest BCUT2D eigenvalue weighted by atomic mass is 35.5. The molecule has 70 valence electrons. The summed E-state index contributed by atoms with van der Waals surface area (Å²) in [6, 6.07) is 3.29. The molecule has 1 rings (SSSR count). The van der Waals surface area contributed by atoms with E-state index >= 15 is 0 Å². The van der Waals surface area contributed by atoms with E-state index in [2.05, 4.69) is 15.5 Å². The second-order valence-electron chi connectivity index (χ2n) is 2.26. The van der Waals surface area contributed by atoms with Gasteiger partial charge >= 0.3 is 0 Å². The first-order valence-corrected chi connectivity index (χ1v) is 4.44. The Morgan fingerprint density at radius 1 is 1.46 bits per heavy atom. The lowest BCUT2D eigenvalue weighted by Crippen LogP contribution is -2.24. The summed E-state index contributed by atoms with van der Waals surface area (Å²) >= 11 is 10.8. The lowest BCUT2D eigenvalue weighted by atomic mass is 10.4. The number of aromatic nitrogens is 2. The van der Waals surface area contributed by atoms with Crippen LogP contribution in [0.15, 0.2) is 12.1 Å². The molecule has 0 unspecified atom stereocenters. The van der Waals surface area contributed by atoms with Crippen LogP contribution in [0.1, 0.15) is 5.69 Å². The van der Waals surface area contributed by atoms with Gasteiger partial charge in [-0.3, -0.25) is 4.79 Å². The zero-order valence-corrected chi connectivity index (χ0v) is 8.14. The lowest BCUT2D eigenvalue weighted by molar-refractivity contribution is -0.118. The molecule has 0 atom stereocenters. The van der Waals surface area contributed by atoms with Gasteiger partial charge in [-0.15, -0.1) is 16.7 Å². The van der Waals surface area contributed by atoms with Crippen LogP contribution in [0.3, 0.4) is 0 Å². The zero-order valence-electron chi connectivity index (χ0n) is 6.63. The van der Waals surface area contributed by atoms with E-state index in [9.17, 15) is 4.79 Å². The topological polar surface area (TPSA) is 54.9 Å². The Balaban J connectivity index is 2.46. The van der Waals surface area contributed by atoms with Gasteiger partial charge in [-0.25, -0.2) is 0 Å². The summed E-state index contributed by atoms with van der Waals surface area (Å²) in [5.41, 5.74) is 0.642. The second kappa shape index (κ2) is 4.99. The molecule has 0 radical (unpaired) electrons. The molecule has 13 heavy (non-hydrogen) atoms. The molecule has 0 aromatic carbocycles. The van der Waals surface area contributed by atoms with Gasteiger partial charge < -0.3 is 5.32 Å². The van der Waals surface area contributed by atoms with Crippen molar-refractivity contribution in [2.75, 3.05) is 5.88 Å². The monoisotopic (exact) mass is 219 g/mol. The zero-order chi connectivity index (χ0) is 9.68. The molecular formula is C7H7Cl2N3O. The Bertz CT molecular complexity index is 288. The summed E-state index contributed by atoms with van der Waals surface area (Å²) in [5, 5.41) is 10.2. The van der Waals surface area contributed by atoms with E-state index in [0.29, 0.717) is 17.4 Å². The Hall–Kier alpha value is -0.870. The van der Waals surface area contributed by atoms with Crippen molar-refractivity contribution < 1.29 is 4.79 Å². The predicted molar refractivity (Wildman–Crippen MR) is 49.6 cm³/mol. The third kappa shape index (κ3) is 3.57. The molecule has 0 aliphatic rings. The van der Waals surface area contributed by atoms with Gasteiger partial charge in [0.15, 0.2) is 5.15 Å². The fourth-order valence-electron chi connectivity index (χ4n) is 0.674. The SMILES string of the molecule is O=C(CCl)NCc1ccc(Cl)nn1. The number of rotatable bonds is 3. The molecule has 0 saturated heterocycles. The van der Waals surface area contributed by atoms with Crippen LogP contribution in [-0.2, 0) is 11.3 Å². The summed E-state index contributed by atoms with van der Waals surface area (Å²) in [6.45, 7) is 0.315. The average molecular weight is 220 g/mol. The van der Waals surface area contributed by atoms with E-state index in [1.807, 2.05) is 0 Å². The largest absolute Gasteiger partial charge is 0.349 e. The van der Waals surface area contributed by atoms with Gasteiger partial charge in [-0.05, 0) is 12.1 Å². The number of nitrogens with zero attached hydrogens (tertiary/aromatic N) is 2. The average Bonchev–Trinajstić information content (AvgIpc) is 2.16. The van der Waals surface area contributed by atoms with Gasteiger partial charge in [0.25, 0.3) is 0 Å². The van der Waals surface area contributed by atoms with E-state index in [-0.39, 0.29) is 11.8 Å². The van der Waals surface area contributed by atoms with Crippen LogP contribution in [0.5, 0.6) is 0 Å². The highest BCUT2D eigenvalue weighted by Gasteiger charge is 1.99. The maximum atomic E-state index is 10.7. The molecule has 1 N–H and O–H groups in total. The van der Waals surface area contributed by atoms with Gasteiger partial charge in [0.1, 0.15) is 5.88 Å². The molecule has 0 saturated carbocycles. The van der Waals surface area contributed by atoms with Crippen LogP contribution in [0.25, 0.3) is 0 Å². The number of halogens is 2. The predicted octanol–water partition coefficient (Wildman–Crippen LogP) is 0.985. The normalized spacial score (nSPS) is 9.69. The summed E-state index contributed by atoms with van der Waals surface area (Å²) in [4.78, 5) is 10.7. The molecule has 4 nitrogen and oxygen atoms in total. The molecule has 0 fully saturated rings. The van der Waals surface area contributed by atoms with Crippen molar-refractivity contribution in [2.45, 2.75) is 6.54 Å². The Morgan fingerprint density at radius 3 is 2.77 bits per heavy atom. The summed E-state index contributed by atoms with van der Waals surface area (Å²) in [6.07, 6.45) is 0. The minimum absolute atomic E-state index is 0.0545. The first-order chi connectivity index (χ1) is 6.22. The minimum Gasteiger partial charge on any atom is -0.349 e. The van der Waals surface area contributed by atoms with Crippen molar-refractivity contribution >= 4 is 29.1 Å².